The molecule has 1 aliphatic rings. The Kier molecular flexibility index (Phi) is 4.10. The summed E-state index contributed by atoms with van der Waals surface area (Å²) >= 11 is 6.31. The molecule has 1 saturated carbocycles. The van der Waals surface area contributed by atoms with Crippen LogP contribution in [0.25, 0.3) is 0 Å². The van der Waals surface area contributed by atoms with Crippen molar-refractivity contribution in [1.29, 1.82) is 0 Å². The van der Waals surface area contributed by atoms with Gasteiger partial charge >= 0.3 is 0 Å². The summed E-state index contributed by atoms with van der Waals surface area (Å²) in [4.78, 5) is 0. The Balaban J connectivity index is 2.02. The van der Waals surface area contributed by atoms with E-state index in [9.17, 15) is 0 Å². The van der Waals surface area contributed by atoms with Crippen LogP contribution in [0.3, 0.4) is 0 Å². The van der Waals surface area contributed by atoms with Crippen molar-refractivity contribution in [2.75, 3.05) is 7.05 Å². The van der Waals surface area contributed by atoms with Gasteiger partial charge in [0.15, 0.2) is 0 Å². The van der Waals surface area contributed by atoms with Gasteiger partial charge in [0.1, 0.15) is 0 Å². The average molecular weight is 256 g/mol. The summed E-state index contributed by atoms with van der Waals surface area (Å²) in [7, 11) is 2.06. The van der Waals surface area contributed by atoms with E-state index in [1.807, 2.05) is 11.6 Å². The zero-order chi connectivity index (χ0) is 12.4. The molecule has 1 atom stereocenters. The van der Waals surface area contributed by atoms with Gasteiger partial charge in [0, 0.05) is 12.6 Å². The SMILES string of the molecule is CCn1nc(C)c(Cl)c1CCC(NC)C1CC1. The van der Waals surface area contributed by atoms with Gasteiger partial charge in [-0.3, -0.25) is 4.68 Å². The topological polar surface area (TPSA) is 29.9 Å². The van der Waals surface area contributed by atoms with Crippen LogP contribution in [0.15, 0.2) is 0 Å². The van der Waals surface area contributed by atoms with Crippen LogP contribution in [0, 0.1) is 12.8 Å². The molecule has 1 unspecified atom stereocenters. The molecule has 96 valence electrons. The van der Waals surface area contributed by atoms with E-state index in [0.717, 1.165) is 36.0 Å². The van der Waals surface area contributed by atoms with Crippen molar-refractivity contribution in [2.24, 2.45) is 5.92 Å². The Hall–Kier alpha value is -0.540. The van der Waals surface area contributed by atoms with Crippen LogP contribution in [0.4, 0.5) is 0 Å². The lowest BCUT2D eigenvalue weighted by atomic mass is 10.1. The second-order valence-corrected chi connectivity index (χ2v) is 5.31. The molecular weight excluding hydrogens is 234 g/mol. The molecule has 1 aliphatic carbocycles. The maximum atomic E-state index is 6.31. The molecule has 0 bridgehead atoms. The largest absolute Gasteiger partial charge is 0.317 e. The summed E-state index contributed by atoms with van der Waals surface area (Å²) in [5.41, 5.74) is 2.16. The fourth-order valence-corrected chi connectivity index (χ4v) is 2.74. The minimum absolute atomic E-state index is 0.645. The van der Waals surface area contributed by atoms with Crippen LogP contribution in [0.1, 0.15) is 37.6 Å². The standard InChI is InChI=1S/C13H22ClN3/c1-4-17-12(13(14)9(2)16-17)8-7-11(15-3)10-5-6-10/h10-11,15H,4-8H2,1-3H3. The van der Waals surface area contributed by atoms with Crippen molar-refractivity contribution < 1.29 is 0 Å². The van der Waals surface area contributed by atoms with Gasteiger partial charge in [-0.15, -0.1) is 0 Å². The molecule has 3 nitrogen and oxygen atoms in total. The third kappa shape index (κ3) is 2.83. The second kappa shape index (κ2) is 5.40. The molecule has 4 heteroatoms. The van der Waals surface area contributed by atoms with Crippen molar-refractivity contribution >= 4 is 11.6 Å². The molecular formula is C13H22ClN3. The molecule has 0 aliphatic heterocycles. The zero-order valence-corrected chi connectivity index (χ0v) is 11.7. The van der Waals surface area contributed by atoms with Gasteiger partial charge in [0.05, 0.1) is 16.4 Å². The minimum atomic E-state index is 0.645. The summed E-state index contributed by atoms with van der Waals surface area (Å²) in [6.07, 6.45) is 4.94. The smallest absolute Gasteiger partial charge is 0.0847 e. The van der Waals surface area contributed by atoms with Gasteiger partial charge in [0.2, 0.25) is 0 Å². The lowest BCUT2D eigenvalue weighted by molar-refractivity contribution is 0.461. The number of aryl methyl sites for hydroxylation is 2. The van der Waals surface area contributed by atoms with Crippen LogP contribution >= 0.6 is 11.6 Å². The summed E-state index contributed by atoms with van der Waals surface area (Å²) in [6.45, 7) is 4.99. The predicted molar refractivity (Wildman–Crippen MR) is 71.5 cm³/mol. The summed E-state index contributed by atoms with van der Waals surface area (Å²) in [5, 5.41) is 8.74. The maximum absolute atomic E-state index is 6.31. The van der Waals surface area contributed by atoms with Crippen LogP contribution in [0.5, 0.6) is 0 Å². The van der Waals surface area contributed by atoms with Gasteiger partial charge < -0.3 is 5.32 Å². The number of hydrogen-bond acceptors (Lipinski definition) is 2. The van der Waals surface area contributed by atoms with E-state index in [-0.39, 0.29) is 0 Å². The number of nitrogens with zero attached hydrogens (tertiary/aromatic N) is 2. The zero-order valence-electron chi connectivity index (χ0n) is 11.0. The van der Waals surface area contributed by atoms with Gasteiger partial charge in [0.25, 0.3) is 0 Å². The van der Waals surface area contributed by atoms with E-state index in [2.05, 4.69) is 24.4 Å². The first kappa shape index (κ1) is 12.9. The highest BCUT2D eigenvalue weighted by Crippen LogP contribution is 2.34. The highest BCUT2D eigenvalue weighted by molar-refractivity contribution is 6.31. The van der Waals surface area contributed by atoms with Gasteiger partial charge in [-0.25, -0.2) is 0 Å². The average Bonchev–Trinajstić information content (AvgIpc) is 3.12. The fourth-order valence-electron chi connectivity index (χ4n) is 2.51. The fraction of sp³-hybridized carbons (Fsp3) is 0.769. The van der Waals surface area contributed by atoms with Crippen molar-refractivity contribution in [3.05, 3.63) is 16.4 Å². The molecule has 1 aromatic rings. The number of hydrogen-bond donors (Lipinski definition) is 1. The minimum Gasteiger partial charge on any atom is -0.317 e. The van der Waals surface area contributed by atoms with Crippen LogP contribution < -0.4 is 5.32 Å². The van der Waals surface area contributed by atoms with Gasteiger partial charge in [-0.1, -0.05) is 11.6 Å². The summed E-state index contributed by atoms with van der Waals surface area (Å²) in [5.74, 6) is 0.887. The second-order valence-electron chi connectivity index (χ2n) is 4.93. The lowest BCUT2D eigenvalue weighted by Crippen LogP contribution is -2.28. The van der Waals surface area contributed by atoms with Gasteiger partial charge in [-0.05, 0) is 52.5 Å². The first-order valence-electron chi connectivity index (χ1n) is 6.56. The lowest BCUT2D eigenvalue weighted by Gasteiger charge is -2.15. The predicted octanol–water partition coefficient (Wildman–Crippen LogP) is 2.80. The molecule has 1 aromatic heterocycles. The van der Waals surface area contributed by atoms with E-state index < -0.39 is 0 Å². The van der Waals surface area contributed by atoms with Gasteiger partial charge in [-0.2, -0.15) is 5.10 Å². The Morgan fingerprint density at radius 3 is 2.76 bits per heavy atom. The normalized spacial score (nSPS) is 17.4. The number of nitrogens with one attached hydrogen (secondary N) is 1. The molecule has 0 radical (unpaired) electrons. The van der Waals surface area contributed by atoms with Crippen molar-refractivity contribution in [3.8, 4) is 0 Å². The van der Waals surface area contributed by atoms with E-state index in [4.69, 9.17) is 11.6 Å². The highest BCUT2D eigenvalue weighted by atomic mass is 35.5. The number of rotatable bonds is 6. The Morgan fingerprint density at radius 1 is 1.53 bits per heavy atom. The first-order chi connectivity index (χ1) is 8.17. The van der Waals surface area contributed by atoms with Crippen LogP contribution in [-0.2, 0) is 13.0 Å². The molecule has 0 spiro atoms. The molecule has 0 saturated heterocycles. The molecule has 2 rings (SSSR count). The van der Waals surface area contributed by atoms with Crippen molar-refractivity contribution in [1.82, 2.24) is 15.1 Å². The quantitative estimate of drug-likeness (QED) is 0.847. The molecule has 0 aromatic carbocycles. The first-order valence-corrected chi connectivity index (χ1v) is 6.94. The van der Waals surface area contributed by atoms with E-state index >= 15 is 0 Å². The van der Waals surface area contributed by atoms with Crippen molar-refractivity contribution in [3.63, 3.8) is 0 Å². The van der Waals surface area contributed by atoms with E-state index in [0.29, 0.717) is 6.04 Å². The third-order valence-electron chi connectivity index (χ3n) is 3.71. The maximum Gasteiger partial charge on any atom is 0.0847 e. The van der Waals surface area contributed by atoms with Crippen molar-refractivity contribution in [2.45, 2.75) is 52.1 Å². The van der Waals surface area contributed by atoms with Crippen LogP contribution in [0.2, 0.25) is 5.02 Å². The monoisotopic (exact) mass is 255 g/mol. The Bertz CT molecular complexity index is 382. The third-order valence-corrected chi connectivity index (χ3v) is 4.20. The molecule has 17 heavy (non-hydrogen) atoms. The molecule has 1 heterocycles. The van der Waals surface area contributed by atoms with E-state index in [1.54, 1.807) is 0 Å². The number of halogens is 1. The molecule has 0 amide bonds. The summed E-state index contributed by atoms with van der Waals surface area (Å²) < 4.78 is 2.04. The highest BCUT2D eigenvalue weighted by Gasteiger charge is 2.30. The van der Waals surface area contributed by atoms with Crippen LogP contribution in [-0.4, -0.2) is 22.9 Å². The van der Waals surface area contributed by atoms with E-state index in [1.165, 1.54) is 18.5 Å². The molecule has 1 fully saturated rings. The summed E-state index contributed by atoms with van der Waals surface area (Å²) in [6, 6.07) is 0.645. The Labute approximate surface area is 109 Å². The Morgan fingerprint density at radius 2 is 2.24 bits per heavy atom. The molecule has 1 N–H and O–H groups in total. The number of aromatic nitrogens is 2.